The minimum Gasteiger partial charge on any atom is -0.466 e. The minimum absolute atomic E-state index is 0.0700. The lowest BCUT2D eigenvalue weighted by atomic mass is 10.3. The van der Waals surface area contributed by atoms with Crippen LogP contribution in [0.15, 0.2) is 12.3 Å². The van der Waals surface area contributed by atoms with Crippen molar-refractivity contribution in [2.45, 2.75) is 13.3 Å². The zero-order valence-electron chi connectivity index (χ0n) is 7.16. The van der Waals surface area contributed by atoms with Crippen LogP contribution in [0.2, 0.25) is 5.02 Å². The summed E-state index contributed by atoms with van der Waals surface area (Å²) < 4.78 is 4.74. The third-order valence-electron chi connectivity index (χ3n) is 1.36. The van der Waals surface area contributed by atoms with Crippen LogP contribution in [0.3, 0.4) is 0 Å². The number of halogens is 1. The maximum Gasteiger partial charge on any atom is 0.311 e. The minimum atomic E-state index is -0.343. The quantitative estimate of drug-likeness (QED) is 0.689. The Morgan fingerprint density at radius 1 is 1.69 bits per heavy atom. The van der Waals surface area contributed by atoms with Crippen LogP contribution in [0.1, 0.15) is 12.6 Å². The Balaban J connectivity index is 2.63. The normalized spacial score (nSPS) is 9.69. The SMILES string of the molecule is CCOC(=O)Cc1nnccc1Cl. The van der Waals surface area contributed by atoms with Crippen LogP contribution in [-0.4, -0.2) is 22.8 Å². The van der Waals surface area contributed by atoms with Crippen LogP contribution in [0.4, 0.5) is 0 Å². The lowest BCUT2D eigenvalue weighted by molar-refractivity contribution is -0.142. The third kappa shape index (κ3) is 2.99. The van der Waals surface area contributed by atoms with Gasteiger partial charge in [-0.1, -0.05) is 11.6 Å². The highest BCUT2D eigenvalue weighted by atomic mass is 35.5. The standard InChI is InChI=1S/C8H9ClN2O2/c1-2-13-8(12)5-7-6(9)3-4-10-11-7/h3-4H,2,5H2,1H3. The summed E-state index contributed by atoms with van der Waals surface area (Å²) in [5.41, 5.74) is 0.447. The molecule has 1 rings (SSSR count). The topological polar surface area (TPSA) is 52.1 Å². The molecular formula is C8H9ClN2O2. The smallest absolute Gasteiger partial charge is 0.311 e. The molecule has 0 atom stereocenters. The van der Waals surface area contributed by atoms with Gasteiger partial charge in [0.25, 0.3) is 0 Å². The number of carbonyl (C=O) groups excluding carboxylic acids is 1. The van der Waals surface area contributed by atoms with Gasteiger partial charge >= 0.3 is 5.97 Å². The first kappa shape index (κ1) is 9.92. The van der Waals surface area contributed by atoms with E-state index in [4.69, 9.17) is 16.3 Å². The van der Waals surface area contributed by atoms with E-state index in [0.717, 1.165) is 0 Å². The van der Waals surface area contributed by atoms with Crippen molar-refractivity contribution in [1.82, 2.24) is 10.2 Å². The molecule has 0 N–H and O–H groups in total. The van der Waals surface area contributed by atoms with E-state index in [2.05, 4.69) is 10.2 Å². The molecule has 0 radical (unpaired) electrons. The highest BCUT2D eigenvalue weighted by Crippen LogP contribution is 2.11. The maximum absolute atomic E-state index is 11.0. The monoisotopic (exact) mass is 200 g/mol. The molecule has 4 nitrogen and oxygen atoms in total. The van der Waals surface area contributed by atoms with Crippen LogP contribution >= 0.6 is 11.6 Å². The van der Waals surface area contributed by atoms with E-state index < -0.39 is 0 Å². The summed E-state index contributed by atoms with van der Waals surface area (Å²) in [6.07, 6.45) is 1.54. The van der Waals surface area contributed by atoms with Gasteiger partial charge in [0.15, 0.2) is 0 Å². The number of hydrogen-bond acceptors (Lipinski definition) is 4. The molecule has 0 fully saturated rings. The van der Waals surface area contributed by atoms with Crippen molar-refractivity contribution in [1.29, 1.82) is 0 Å². The molecule has 0 bridgehead atoms. The summed E-state index contributed by atoms with van der Waals surface area (Å²) in [5, 5.41) is 7.77. The van der Waals surface area contributed by atoms with Crippen molar-refractivity contribution in [2.24, 2.45) is 0 Å². The molecule has 0 amide bonds. The molecule has 13 heavy (non-hydrogen) atoms. The average molecular weight is 201 g/mol. The summed E-state index contributed by atoms with van der Waals surface area (Å²) in [4.78, 5) is 11.0. The first-order valence-electron chi connectivity index (χ1n) is 3.85. The fourth-order valence-corrected chi connectivity index (χ4v) is 0.975. The van der Waals surface area contributed by atoms with Crippen LogP contribution in [0.5, 0.6) is 0 Å². The summed E-state index contributed by atoms with van der Waals surface area (Å²) in [5.74, 6) is -0.343. The van der Waals surface area contributed by atoms with E-state index in [1.165, 1.54) is 6.20 Å². The van der Waals surface area contributed by atoms with Crippen molar-refractivity contribution in [2.75, 3.05) is 6.61 Å². The van der Waals surface area contributed by atoms with Gasteiger partial charge in [-0.15, -0.1) is 0 Å². The number of nitrogens with zero attached hydrogens (tertiary/aromatic N) is 2. The lowest BCUT2D eigenvalue weighted by Crippen LogP contribution is -2.09. The average Bonchev–Trinajstić information content (AvgIpc) is 2.09. The number of aromatic nitrogens is 2. The number of ether oxygens (including phenoxy) is 1. The molecule has 0 saturated heterocycles. The van der Waals surface area contributed by atoms with E-state index in [1.807, 2.05) is 0 Å². The second-order valence-corrected chi connectivity index (χ2v) is 2.71. The fourth-order valence-electron chi connectivity index (χ4n) is 0.814. The predicted molar refractivity (Wildman–Crippen MR) is 47.4 cm³/mol. The number of esters is 1. The molecule has 0 saturated carbocycles. The molecule has 70 valence electrons. The van der Waals surface area contributed by atoms with Gasteiger partial charge in [-0.25, -0.2) is 0 Å². The van der Waals surface area contributed by atoms with Crippen LogP contribution in [-0.2, 0) is 16.0 Å². The van der Waals surface area contributed by atoms with Gasteiger partial charge in [-0.05, 0) is 13.0 Å². The number of hydrogen-bond donors (Lipinski definition) is 0. The predicted octanol–water partition coefficient (Wildman–Crippen LogP) is 1.24. The molecule has 0 aromatic carbocycles. The molecule has 0 aliphatic heterocycles. The second-order valence-electron chi connectivity index (χ2n) is 2.31. The Morgan fingerprint density at radius 3 is 3.08 bits per heavy atom. The molecule has 5 heteroatoms. The van der Waals surface area contributed by atoms with Gasteiger partial charge in [-0.2, -0.15) is 10.2 Å². The highest BCUT2D eigenvalue weighted by Gasteiger charge is 2.08. The second kappa shape index (κ2) is 4.77. The number of carbonyl (C=O) groups is 1. The molecule has 0 aliphatic carbocycles. The van der Waals surface area contributed by atoms with E-state index in [1.54, 1.807) is 13.0 Å². The lowest BCUT2D eigenvalue weighted by Gasteiger charge is -2.01. The van der Waals surface area contributed by atoms with Crippen LogP contribution in [0, 0.1) is 0 Å². The van der Waals surface area contributed by atoms with Gasteiger partial charge in [0.2, 0.25) is 0 Å². The van der Waals surface area contributed by atoms with E-state index in [-0.39, 0.29) is 12.4 Å². The van der Waals surface area contributed by atoms with Gasteiger partial charge in [0.1, 0.15) is 0 Å². The van der Waals surface area contributed by atoms with Crippen molar-refractivity contribution in [3.05, 3.63) is 23.0 Å². The molecule has 1 heterocycles. The Morgan fingerprint density at radius 2 is 2.46 bits per heavy atom. The zero-order chi connectivity index (χ0) is 9.68. The first-order chi connectivity index (χ1) is 6.24. The number of rotatable bonds is 3. The van der Waals surface area contributed by atoms with Crippen LogP contribution < -0.4 is 0 Å². The van der Waals surface area contributed by atoms with E-state index in [0.29, 0.717) is 17.3 Å². The van der Waals surface area contributed by atoms with Gasteiger partial charge in [0.05, 0.1) is 29.9 Å². The maximum atomic E-state index is 11.0. The largest absolute Gasteiger partial charge is 0.466 e. The van der Waals surface area contributed by atoms with Gasteiger partial charge in [0, 0.05) is 0 Å². The van der Waals surface area contributed by atoms with E-state index in [9.17, 15) is 4.79 Å². The summed E-state index contributed by atoms with van der Waals surface area (Å²) in [7, 11) is 0. The molecule has 0 unspecified atom stereocenters. The van der Waals surface area contributed by atoms with Crippen molar-refractivity contribution < 1.29 is 9.53 Å². The van der Waals surface area contributed by atoms with E-state index >= 15 is 0 Å². The first-order valence-corrected chi connectivity index (χ1v) is 4.23. The molecule has 0 aliphatic rings. The molecule has 0 spiro atoms. The van der Waals surface area contributed by atoms with Crippen molar-refractivity contribution in [3.8, 4) is 0 Å². The Bertz CT molecular complexity index is 304. The Kier molecular flexibility index (Phi) is 3.64. The third-order valence-corrected chi connectivity index (χ3v) is 1.70. The molecule has 1 aromatic heterocycles. The summed E-state index contributed by atoms with van der Waals surface area (Å²) in [6, 6.07) is 1.59. The molecular weight excluding hydrogens is 192 g/mol. The van der Waals surface area contributed by atoms with Gasteiger partial charge in [-0.3, -0.25) is 4.79 Å². The van der Waals surface area contributed by atoms with Gasteiger partial charge < -0.3 is 4.74 Å². The van der Waals surface area contributed by atoms with Crippen LogP contribution in [0.25, 0.3) is 0 Å². The molecule has 1 aromatic rings. The Hall–Kier alpha value is -1.16. The zero-order valence-corrected chi connectivity index (χ0v) is 7.91. The summed E-state index contributed by atoms with van der Waals surface area (Å²) in [6.45, 7) is 2.10. The summed E-state index contributed by atoms with van der Waals surface area (Å²) >= 11 is 5.76. The van der Waals surface area contributed by atoms with Crippen molar-refractivity contribution in [3.63, 3.8) is 0 Å². The highest BCUT2D eigenvalue weighted by molar-refractivity contribution is 6.31. The van der Waals surface area contributed by atoms with Crippen molar-refractivity contribution >= 4 is 17.6 Å². The Labute approximate surface area is 80.9 Å². The fraction of sp³-hybridized carbons (Fsp3) is 0.375.